The average molecular weight is 243 g/mol. The van der Waals surface area contributed by atoms with Crippen LogP contribution in [-0.2, 0) is 6.18 Å². The zero-order chi connectivity index (χ0) is 10.6. The second-order valence-corrected chi connectivity index (χ2v) is 4.29. The Labute approximate surface area is 87.1 Å². The molecule has 0 aliphatic heterocycles. The Hall–Kier alpha value is -0.500. The molecule has 0 aliphatic rings. The maximum Gasteiger partial charge on any atom is 0.445 e. The van der Waals surface area contributed by atoms with E-state index in [9.17, 15) is 13.2 Å². The summed E-state index contributed by atoms with van der Waals surface area (Å²) in [5.74, 6) is 0.820. The first-order valence-corrected chi connectivity index (χ1v) is 5.88. The standard InChI is InChI=1S/C6H8F3N3S2/c1-13-3-2-10-5-12-11-4(14-5)6(7,8)9/h2-3H2,1H3,(H,10,12). The molecule has 1 rings (SSSR count). The molecule has 1 aromatic rings. The van der Waals surface area contributed by atoms with Crippen LogP contribution >= 0.6 is 23.1 Å². The molecule has 1 heterocycles. The molecule has 0 aromatic carbocycles. The third-order valence-corrected chi connectivity index (χ3v) is 2.79. The van der Waals surface area contributed by atoms with Gasteiger partial charge in [-0.1, -0.05) is 11.3 Å². The lowest BCUT2D eigenvalue weighted by Gasteiger charge is -1.99. The summed E-state index contributed by atoms with van der Waals surface area (Å²) < 4.78 is 36.2. The molecule has 0 saturated carbocycles. The number of anilines is 1. The number of nitrogens with one attached hydrogen (secondary N) is 1. The Morgan fingerprint density at radius 2 is 2.14 bits per heavy atom. The zero-order valence-corrected chi connectivity index (χ0v) is 8.89. The Balaban J connectivity index is 2.51. The summed E-state index contributed by atoms with van der Waals surface area (Å²) in [5.41, 5.74) is 0. The van der Waals surface area contributed by atoms with Crippen LogP contribution in [0.3, 0.4) is 0 Å². The minimum absolute atomic E-state index is 0.214. The molecule has 8 heteroatoms. The monoisotopic (exact) mass is 243 g/mol. The number of alkyl halides is 3. The molecule has 0 unspecified atom stereocenters. The molecule has 1 N–H and O–H groups in total. The lowest BCUT2D eigenvalue weighted by molar-refractivity contribution is -0.138. The highest BCUT2D eigenvalue weighted by Gasteiger charge is 2.35. The van der Waals surface area contributed by atoms with Gasteiger partial charge in [-0.05, 0) is 6.26 Å². The summed E-state index contributed by atoms with van der Waals surface area (Å²) in [6.07, 6.45) is -2.47. The SMILES string of the molecule is CSCCNc1nnc(C(F)(F)F)s1. The Kier molecular flexibility index (Phi) is 3.99. The predicted molar refractivity (Wildman–Crippen MR) is 51.8 cm³/mol. The molecule has 0 saturated heterocycles. The van der Waals surface area contributed by atoms with Crippen molar-refractivity contribution in [2.24, 2.45) is 0 Å². The van der Waals surface area contributed by atoms with Crippen LogP contribution in [0.15, 0.2) is 0 Å². The number of halogens is 3. The summed E-state index contributed by atoms with van der Waals surface area (Å²) >= 11 is 2.13. The first-order chi connectivity index (χ1) is 6.54. The molecule has 0 amide bonds. The van der Waals surface area contributed by atoms with E-state index in [0.29, 0.717) is 17.9 Å². The average Bonchev–Trinajstić information content (AvgIpc) is 2.52. The van der Waals surface area contributed by atoms with Gasteiger partial charge in [-0.15, -0.1) is 10.2 Å². The molecule has 80 valence electrons. The molecule has 0 bridgehead atoms. The summed E-state index contributed by atoms with van der Waals surface area (Å²) in [4.78, 5) is 0. The van der Waals surface area contributed by atoms with Crippen molar-refractivity contribution in [3.8, 4) is 0 Å². The van der Waals surface area contributed by atoms with Gasteiger partial charge < -0.3 is 5.32 Å². The minimum Gasteiger partial charge on any atom is -0.359 e. The van der Waals surface area contributed by atoms with E-state index in [1.165, 1.54) is 0 Å². The van der Waals surface area contributed by atoms with Gasteiger partial charge in [-0.25, -0.2) is 0 Å². The van der Waals surface area contributed by atoms with Crippen molar-refractivity contribution in [1.82, 2.24) is 10.2 Å². The molecule has 0 fully saturated rings. The fraction of sp³-hybridized carbons (Fsp3) is 0.667. The van der Waals surface area contributed by atoms with E-state index < -0.39 is 11.2 Å². The van der Waals surface area contributed by atoms with E-state index in [4.69, 9.17) is 0 Å². The second-order valence-electron chi connectivity index (χ2n) is 2.33. The van der Waals surface area contributed by atoms with Crippen molar-refractivity contribution in [3.05, 3.63) is 5.01 Å². The number of thioether (sulfide) groups is 1. The summed E-state index contributed by atoms with van der Waals surface area (Å²) in [7, 11) is 0. The van der Waals surface area contributed by atoms with Crippen molar-refractivity contribution < 1.29 is 13.2 Å². The zero-order valence-electron chi connectivity index (χ0n) is 7.26. The van der Waals surface area contributed by atoms with Crippen LogP contribution in [0.25, 0.3) is 0 Å². The fourth-order valence-electron chi connectivity index (χ4n) is 0.669. The number of hydrogen-bond donors (Lipinski definition) is 1. The number of rotatable bonds is 4. The molecule has 0 aliphatic carbocycles. The Bertz CT molecular complexity index is 286. The van der Waals surface area contributed by atoms with E-state index in [-0.39, 0.29) is 5.13 Å². The van der Waals surface area contributed by atoms with E-state index >= 15 is 0 Å². The molecule has 0 radical (unpaired) electrons. The third kappa shape index (κ3) is 3.33. The lowest BCUT2D eigenvalue weighted by Crippen LogP contribution is -2.03. The fourth-order valence-corrected chi connectivity index (χ4v) is 1.61. The summed E-state index contributed by atoms with van der Waals surface area (Å²) in [6.45, 7) is 0.591. The molecule has 3 nitrogen and oxygen atoms in total. The van der Waals surface area contributed by atoms with Gasteiger partial charge in [0.1, 0.15) is 0 Å². The van der Waals surface area contributed by atoms with Crippen LogP contribution in [-0.4, -0.2) is 28.8 Å². The number of hydrogen-bond acceptors (Lipinski definition) is 5. The van der Waals surface area contributed by atoms with Gasteiger partial charge in [-0.2, -0.15) is 24.9 Å². The van der Waals surface area contributed by atoms with Crippen LogP contribution in [0.1, 0.15) is 5.01 Å². The largest absolute Gasteiger partial charge is 0.445 e. The van der Waals surface area contributed by atoms with Crippen LogP contribution in [0.4, 0.5) is 18.3 Å². The van der Waals surface area contributed by atoms with Gasteiger partial charge in [-0.3, -0.25) is 0 Å². The van der Waals surface area contributed by atoms with Gasteiger partial charge >= 0.3 is 6.18 Å². The molecule has 0 spiro atoms. The van der Waals surface area contributed by atoms with Crippen molar-refractivity contribution in [2.75, 3.05) is 23.9 Å². The van der Waals surface area contributed by atoms with Crippen molar-refractivity contribution >= 4 is 28.2 Å². The molecular formula is C6H8F3N3S2. The van der Waals surface area contributed by atoms with Crippen molar-refractivity contribution in [2.45, 2.75) is 6.18 Å². The smallest absolute Gasteiger partial charge is 0.359 e. The second kappa shape index (κ2) is 4.83. The van der Waals surface area contributed by atoms with Gasteiger partial charge in [0, 0.05) is 12.3 Å². The summed E-state index contributed by atoms with van der Waals surface area (Å²) in [5, 5.41) is 8.49. The van der Waals surface area contributed by atoms with Crippen molar-refractivity contribution in [1.29, 1.82) is 0 Å². The normalized spacial score (nSPS) is 11.7. The van der Waals surface area contributed by atoms with Crippen LogP contribution < -0.4 is 5.32 Å². The first kappa shape index (κ1) is 11.6. The van der Waals surface area contributed by atoms with Crippen LogP contribution in [0.5, 0.6) is 0 Å². The Morgan fingerprint density at radius 3 is 2.64 bits per heavy atom. The Morgan fingerprint density at radius 1 is 1.43 bits per heavy atom. The van der Waals surface area contributed by atoms with E-state index in [2.05, 4.69) is 15.5 Å². The van der Waals surface area contributed by atoms with E-state index in [0.717, 1.165) is 5.75 Å². The van der Waals surface area contributed by atoms with E-state index in [1.54, 1.807) is 11.8 Å². The van der Waals surface area contributed by atoms with Crippen LogP contribution in [0.2, 0.25) is 0 Å². The third-order valence-electron chi connectivity index (χ3n) is 1.25. The van der Waals surface area contributed by atoms with Gasteiger partial charge in [0.15, 0.2) is 0 Å². The highest BCUT2D eigenvalue weighted by atomic mass is 32.2. The number of nitrogens with zero attached hydrogens (tertiary/aromatic N) is 2. The quantitative estimate of drug-likeness (QED) is 0.824. The van der Waals surface area contributed by atoms with Crippen LogP contribution in [0, 0.1) is 0 Å². The maximum absolute atomic E-state index is 12.1. The predicted octanol–water partition coefficient (Wildman–Crippen LogP) is 2.33. The lowest BCUT2D eigenvalue weighted by atomic mass is 10.7. The highest BCUT2D eigenvalue weighted by molar-refractivity contribution is 7.98. The minimum atomic E-state index is -4.39. The van der Waals surface area contributed by atoms with Crippen molar-refractivity contribution in [3.63, 3.8) is 0 Å². The summed E-state index contributed by atoms with van der Waals surface area (Å²) in [6, 6.07) is 0. The number of aromatic nitrogens is 2. The first-order valence-electron chi connectivity index (χ1n) is 3.67. The van der Waals surface area contributed by atoms with Gasteiger partial charge in [0.05, 0.1) is 0 Å². The topological polar surface area (TPSA) is 37.8 Å². The molecule has 1 aromatic heterocycles. The highest BCUT2D eigenvalue weighted by Crippen LogP contribution is 2.32. The molecule has 14 heavy (non-hydrogen) atoms. The molecular weight excluding hydrogens is 235 g/mol. The van der Waals surface area contributed by atoms with E-state index in [1.807, 2.05) is 6.26 Å². The maximum atomic E-state index is 12.1. The van der Waals surface area contributed by atoms with Gasteiger partial charge in [0.2, 0.25) is 10.1 Å². The van der Waals surface area contributed by atoms with Gasteiger partial charge in [0.25, 0.3) is 0 Å². The molecule has 0 atom stereocenters.